The summed E-state index contributed by atoms with van der Waals surface area (Å²) in [6, 6.07) is 7.00. The zero-order valence-electron chi connectivity index (χ0n) is 12.1. The van der Waals surface area contributed by atoms with Crippen LogP contribution in [0.4, 0.5) is 5.13 Å². The monoisotopic (exact) mass is 380 g/mol. The highest BCUT2D eigenvalue weighted by Gasteiger charge is 2.49. The summed E-state index contributed by atoms with van der Waals surface area (Å²) in [6.45, 7) is 0.454. The average Bonchev–Trinajstić information content (AvgIpc) is 3.25. The number of benzene rings is 1. The first kappa shape index (κ1) is 15.5. The van der Waals surface area contributed by atoms with E-state index in [1.165, 1.54) is 17.7 Å². The first-order valence-electron chi connectivity index (χ1n) is 7.01. The van der Waals surface area contributed by atoms with Crippen LogP contribution in [0.15, 0.2) is 36.9 Å². The maximum Gasteiger partial charge on any atom is 0.250 e. The Morgan fingerprint density at radius 2 is 2.00 bits per heavy atom. The van der Waals surface area contributed by atoms with E-state index >= 15 is 0 Å². The molecule has 2 unspecified atom stereocenters. The Hall–Kier alpha value is -2.03. The van der Waals surface area contributed by atoms with Crippen molar-refractivity contribution in [1.82, 2.24) is 25.0 Å². The van der Waals surface area contributed by atoms with Crippen LogP contribution in [-0.4, -0.2) is 36.2 Å². The molecule has 1 aliphatic heterocycles. The van der Waals surface area contributed by atoms with Gasteiger partial charge in [-0.15, -0.1) is 21.8 Å². The fourth-order valence-electron chi connectivity index (χ4n) is 2.50. The summed E-state index contributed by atoms with van der Waals surface area (Å²) in [5.74, 6) is -0.180. The van der Waals surface area contributed by atoms with E-state index in [0.717, 1.165) is 10.6 Å². The van der Waals surface area contributed by atoms with Crippen LogP contribution in [0.3, 0.4) is 0 Å². The minimum Gasteiger partial charge on any atom is -0.276 e. The Labute approximate surface area is 150 Å². The summed E-state index contributed by atoms with van der Waals surface area (Å²) in [7, 11) is 0. The van der Waals surface area contributed by atoms with Gasteiger partial charge in [0, 0.05) is 5.02 Å². The van der Waals surface area contributed by atoms with Gasteiger partial charge in [-0.1, -0.05) is 35.1 Å². The summed E-state index contributed by atoms with van der Waals surface area (Å²) in [4.78, 5) is 17.7. The van der Waals surface area contributed by atoms with E-state index in [1.807, 2.05) is 12.1 Å². The van der Waals surface area contributed by atoms with Crippen LogP contribution >= 0.6 is 34.5 Å². The molecule has 3 aromatic rings. The molecule has 10 heteroatoms. The van der Waals surface area contributed by atoms with Crippen molar-refractivity contribution < 1.29 is 4.79 Å². The summed E-state index contributed by atoms with van der Waals surface area (Å²) < 4.78 is 1.64. The molecule has 0 radical (unpaired) electrons. The number of hydrogen-bond donors (Lipinski definition) is 0. The van der Waals surface area contributed by atoms with E-state index < -0.39 is 5.38 Å². The quantitative estimate of drug-likeness (QED) is 0.513. The highest BCUT2D eigenvalue weighted by Crippen LogP contribution is 2.43. The van der Waals surface area contributed by atoms with E-state index in [2.05, 4.69) is 20.3 Å². The van der Waals surface area contributed by atoms with Crippen molar-refractivity contribution in [2.45, 2.75) is 18.0 Å². The molecule has 1 amide bonds. The number of nitrogens with zero attached hydrogens (tertiary/aromatic N) is 6. The third-order valence-electron chi connectivity index (χ3n) is 3.67. The predicted octanol–water partition coefficient (Wildman–Crippen LogP) is 2.53. The van der Waals surface area contributed by atoms with Crippen molar-refractivity contribution >= 4 is 45.6 Å². The molecule has 7 nitrogen and oxygen atoms in total. The summed E-state index contributed by atoms with van der Waals surface area (Å²) in [6.07, 6.45) is 3.05. The van der Waals surface area contributed by atoms with Crippen LogP contribution in [0.1, 0.15) is 16.6 Å². The van der Waals surface area contributed by atoms with Gasteiger partial charge in [0.05, 0.1) is 12.6 Å². The standard InChI is InChI=1S/C14H10Cl2N6OS/c15-9-3-1-8(2-4-9)12-11(16)13(23)22(12)14-20-19-10(24-14)5-21-7-17-6-18-21/h1-4,6-7,11-12H,5H2. The second-order valence-electron chi connectivity index (χ2n) is 5.18. The van der Waals surface area contributed by atoms with E-state index in [-0.39, 0.29) is 11.9 Å². The molecule has 1 aliphatic rings. The molecule has 4 rings (SSSR count). The Morgan fingerprint density at radius 3 is 2.71 bits per heavy atom. The normalized spacial score (nSPS) is 20.2. The number of aromatic nitrogens is 5. The highest BCUT2D eigenvalue weighted by atomic mass is 35.5. The number of β-lactam (4-membered cyclic amide) rings is 1. The van der Waals surface area contributed by atoms with Crippen molar-refractivity contribution in [2.24, 2.45) is 0 Å². The van der Waals surface area contributed by atoms with Crippen LogP contribution in [0.2, 0.25) is 5.02 Å². The molecule has 0 spiro atoms. The lowest BCUT2D eigenvalue weighted by Crippen LogP contribution is -2.56. The fourth-order valence-corrected chi connectivity index (χ4v) is 3.87. The van der Waals surface area contributed by atoms with Gasteiger partial charge in [0.25, 0.3) is 0 Å². The lowest BCUT2D eigenvalue weighted by atomic mass is 9.94. The maximum absolute atomic E-state index is 12.2. The van der Waals surface area contributed by atoms with Crippen LogP contribution in [0.25, 0.3) is 0 Å². The SMILES string of the molecule is O=C1C(Cl)C(c2ccc(Cl)cc2)N1c1nnc(Cn2cncn2)s1. The minimum atomic E-state index is -0.617. The third-order valence-corrected chi connectivity index (χ3v) is 5.25. The fraction of sp³-hybridized carbons (Fsp3) is 0.214. The molecule has 122 valence electrons. The maximum atomic E-state index is 12.2. The van der Waals surface area contributed by atoms with Gasteiger partial charge in [0.15, 0.2) is 0 Å². The Morgan fingerprint density at radius 1 is 1.21 bits per heavy atom. The zero-order valence-corrected chi connectivity index (χ0v) is 14.4. The van der Waals surface area contributed by atoms with Gasteiger partial charge < -0.3 is 0 Å². The van der Waals surface area contributed by atoms with Gasteiger partial charge in [-0.25, -0.2) is 9.67 Å². The molecule has 2 aromatic heterocycles. The molecule has 24 heavy (non-hydrogen) atoms. The van der Waals surface area contributed by atoms with Gasteiger partial charge in [-0.2, -0.15) is 5.10 Å². The molecule has 1 saturated heterocycles. The van der Waals surface area contributed by atoms with Gasteiger partial charge in [-0.3, -0.25) is 9.69 Å². The lowest BCUT2D eigenvalue weighted by molar-refractivity contribution is -0.123. The van der Waals surface area contributed by atoms with Gasteiger partial charge in [0.1, 0.15) is 23.0 Å². The summed E-state index contributed by atoms with van der Waals surface area (Å²) in [5.41, 5.74) is 0.909. The van der Waals surface area contributed by atoms with Crippen LogP contribution in [0.5, 0.6) is 0 Å². The van der Waals surface area contributed by atoms with Crippen LogP contribution in [0, 0.1) is 0 Å². The number of halogens is 2. The van der Waals surface area contributed by atoms with E-state index in [0.29, 0.717) is 16.7 Å². The molecular weight excluding hydrogens is 371 g/mol. The molecule has 1 aromatic carbocycles. The summed E-state index contributed by atoms with van der Waals surface area (Å²) in [5, 5.41) is 13.5. The number of amides is 1. The van der Waals surface area contributed by atoms with E-state index in [1.54, 1.807) is 28.0 Å². The molecular formula is C14H10Cl2N6OS. The molecule has 0 N–H and O–H groups in total. The van der Waals surface area contributed by atoms with Crippen molar-refractivity contribution in [3.8, 4) is 0 Å². The summed E-state index contributed by atoms with van der Waals surface area (Å²) >= 11 is 13.5. The second-order valence-corrected chi connectivity index (χ2v) is 7.12. The third kappa shape index (κ3) is 2.66. The molecule has 3 heterocycles. The average molecular weight is 381 g/mol. The van der Waals surface area contributed by atoms with Crippen molar-refractivity contribution in [1.29, 1.82) is 0 Å². The number of alkyl halides is 1. The minimum absolute atomic E-state index is 0.180. The number of carbonyl (C=O) groups is 1. The second kappa shape index (κ2) is 6.12. The Balaban J connectivity index is 1.59. The Bertz CT molecular complexity index is 866. The lowest BCUT2D eigenvalue weighted by Gasteiger charge is -2.42. The first-order chi connectivity index (χ1) is 11.6. The largest absolute Gasteiger partial charge is 0.276 e. The number of hydrogen-bond acceptors (Lipinski definition) is 6. The van der Waals surface area contributed by atoms with Gasteiger partial charge >= 0.3 is 0 Å². The molecule has 0 bridgehead atoms. The van der Waals surface area contributed by atoms with E-state index in [9.17, 15) is 4.79 Å². The smallest absolute Gasteiger partial charge is 0.250 e. The Kier molecular flexibility index (Phi) is 3.95. The highest BCUT2D eigenvalue weighted by molar-refractivity contribution is 7.15. The van der Waals surface area contributed by atoms with Crippen LogP contribution in [-0.2, 0) is 11.3 Å². The zero-order chi connectivity index (χ0) is 16.7. The van der Waals surface area contributed by atoms with Crippen molar-refractivity contribution in [3.05, 3.63) is 52.5 Å². The van der Waals surface area contributed by atoms with Crippen molar-refractivity contribution in [2.75, 3.05) is 4.90 Å². The molecule has 0 aliphatic carbocycles. The molecule has 2 atom stereocenters. The topological polar surface area (TPSA) is 76.8 Å². The van der Waals surface area contributed by atoms with Crippen molar-refractivity contribution in [3.63, 3.8) is 0 Å². The molecule has 1 fully saturated rings. The first-order valence-corrected chi connectivity index (χ1v) is 8.64. The van der Waals surface area contributed by atoms with E-state index in [4.69, 9.17) is 23.2 Å². The number of anilines is 1. The number of carbonyl (C=O) groups excluding carboxylic acids is 1. The molecule has 0 saturated carbocycles. The van der Waals surface area contributed by atoms with Gasteiger partial charge in [-0.05, 0) is 17.7 Å². The van der Waals surface area contributed by atoms with Crippen LogP contribution < -0.4 is 4.90 Å². The predicted molar refractivity (Wildman–Crippen MR) is 90.4 cm³/mol. The van der Waals surface area contributed by atoms with Gasteiger partial charge in [0.2, 0.25) is 11.0 Å². The number of rotatable bonds is 4.